The summed E-state index contributed by atoms with van der Waals surface area (Å²) in [6.07, 6.45) is 5.78. The van der Waals surface area contributed by atoms with Gasteiger partial charge in [-0.1, -0.05) is 19.9 Å². The van der Waals surface area contributed by atoms with Crippen LogP contribution in [-0.2, 0) is 21.4 Å². The van der Waals surface area contributed by atoms with Crippen molar-refractivity contribution >= 4 is 29.3 Å². The van der Waals surface area contributed by atoms with Crippen molar-refractivity contribution in [3.05, 3.63) is 47.5 Å². The Morgan fingerprint density at radius 2 is 1.69 bits per heavy atom. The van der Waals surface area contributed by atoms with Gasteiger partial charge < -0.3 is 25.8 Å². The van der Waals surface area contributed by atoms with Crippen molar-refractivity contribution in [2.75, 3.05) is 32.0 Å². The third-order valence-electron chi connectivity index (χ3n) is 9.79. The van der Waals surface area contributed by atoms with Gasteiger partial charge in [0.15, 0.2) is 0 Å². The summed E-state index contributed by atoms with van der Waals surface area (Å²) < 4.78 is 17.1. The molecule has 2 aromatic rings. The van der Waals surface area contributed by atoms with Crippen LogP contribution >= 0.6 is 0 Å². The molecule has 5 rings (SSSR count). The van der Waals surface area contributed by atoms with E-state index in [2.05, 4.69) is 32.9 Å². The highest BCUT2D eigenvalue weighted by molar-refractivity contribution is 6.01. The fourth-order valence-corrected chi connectivity index (χ4v) is 6.48. The standard InChI is InChI=1S/C33H46FN7O4/c1-6-27(42)37-29(33(45)41-16-15-39(4)19(2)18-41)20(3)23-11-12-25(24(34)17-23)36-32(44)30(28(21-7-8-21)22-9-10-22)38-31(43)26-13-14-35-40(26)5/h11-14,17,19-22,28-30H,6-10,15-16,18H2,1-5H3,(H,36,44)(H,37,42)(H,38,43)/t19-,20+,29-,30+/m1/s1. The molecule has 11 nitrogen and oxygen atoms in total. The first-order valence-electron chi connectivity index (χ1n) is 16.2. The molecule has 0 bridgehead atoms. The van der Waals surface area contributed by atoms with Crippen molar-refractivity contribution in [2.45, 2.75) is 76.9 Å². The summed E-state index contributed by atoms with van der Waals surface area (Å²) in [6.45, 7) is 7.39. The van der Waals surface area contributed by atoms with E-state index in [9.17, 15) is 19.2 Å². The predicted octanol–water partition coefficient (Wildman–Crippen LogP) is 2.89. The maximum absolute atomic E-state index is 15.7. The molecule has 3 N–H and O–H groups in total. The Balaban J connectivity index is 1.33. The average molecular weight is 624 g/mol. The maximum atomic E-state index is 15.7. The largest absolute Gasteiger partial charge is 0.344 e. The van der Waals surface area contributed by atoms with Crippen molar-refractivity contribution in [1.29, 1.82) is 0 Å². The number of aromatic nitrogens is 2. The van der Waals surface area contributed by atoms with Gasteiger partial charge in [0.2, 0.25) is 17.7 Å². The molecule has 45 heavy (non-hydrogen) atoms. The highest BCUT2D eigenvalue weighted by Gasteiger charge is 2.48. The first-order valence-corrected chi connectivity index (χ1v) is 16.2. The minimum absolute atomic E-state index is 0.00515. The number of carbonyl (C=O) groups excluding carboxylic acids is 4. The number of hydrogen-bond acceptors (Lipinski definition) is 6. The fourth-order valence-electron chi connectivity index (χ4n) is 6.48. The topological polar surface area (TPSA) is 129 Å². The van der Waals surface area contributed by atoms with Crippen LogP contribution in [0.15, 0.2) is 30.5 Å². The minimum Gasteiger partial charge on any atom is -0.344 e. The minimum atomic E-state index is -0.864. The van der Waals surface area contributed by atoms with E-state index < -0.39 is 35.6 Å². The molecule has 0 unspecified atom stereocenters. The number of piperazine rings is 1. The highest BCUT2D eigenvalue weighted by Crippen LogP contribution is 2.51. The molecule has 4 atom stereocenters. The lowest BCUT2D eigenvalue weighted by Gasteiger charge is -2.40. The van der Waals surface area contributed by atoms with E-state index in [0.717, 1.165) is 32.2 Å². The average Bonchev–Trinajstić information content (AvgIpc) is 3.96. The molecule has 2 aliphatic carbocycles. The van der Waals surface area contributed by atoms with Crippen LogP contribution in [0.2, 0.25) is 0 Å². The van der Waals surface area contributed by atoms with Gasteiger partial charge in [-0.2, -0.15) is 5.10 Å². The van der Waals surface area contributed by atoms with Crippen LogP contribution in [0, 0.1) is 23.6 Å². The highest BCUT2D eigenvalue weighted by atomic mass is 19.1. The van der Waals surface area contributed by atoms with Crippen LogP contribution in [0.3, 0.4) is 0 Å². The maximum Gasteiger partial charge on any atom is 0.270 e. The molecule has 3 fully saturated rings. The summed E-state index contributed by atoms with van der Waals surface area (Å²) in [4.78, 5) is 57.0. The van der Waals surface area contributed by atoms with E-state index in [1.165, 1.54) is 23.0 Å². The summed E-state index contributed by atoms with van der Waals surface area (Å²) in [5.74, 6) is -1.80. The van der Waals surface area contributed by atoms with Crippen LogP contribution in [0.5, 0.6) is 0 Å². The van der Waals surface area contributed by atoms with Crippen molar-refractivity contribution in [2.24, 2.45) is 24.8 Å². The Bertz CT molecular complexity index is 1410. The molecule has 0 spiro atoms. The number of benzene rings is 1. The number of nitrogens with one attached hydrogen (secondary N) is 3. The van der Waals surface area contributed by atoms with Crippen LogP contribution < -0.4 is 16.0 Å². The zero-order chi connectivity index (χ0) is 32.4. The number of anilines is 1. The lowest BCUT2D eigenvalue weighted by Crippen LogP contribution is -2.58. The van der Waals surface area contributed by atoms with Crippen molar-refractivity contribution in [1.82, 2.24) is 30.2 Å². The fraction of sp³-hybridized carbons (Fsp3) is 0.606. The van der Waals surface area contributed by atoms with Gasteiger partial charge in [-0.3, -0.25) is 23.9 Å². The third-order valence-corrected chi connectivity index (χ3v) is 9.79. The van der Waals surface area contributed by atoms with Crippen LogP contribution in [0.4, 0.5) is 10.1 Å². The SMILES string of the molecule is CCC(=O)N[C@@H](C(=O)N1CCN(C)[C@H](C)C1)[C@@H](C)c1ccc(NC(=O)[C@@H](NC(=O)c2ccnn2C)C(C2CC2)C2CC2)c(F)c1. The number of rotatable bonds is 12. The molecule has 244 valence electrons. The molecule has 3 aliphatic rings. The van der Waals surface area contributed by atoms with Gasteiger partial charge in [0, 0.05) is 51.3 Å². The molecule has 12 heteroatoms. The Labute approximate surface area is 264 Å². The van der Waals surface area contributed by atoms with E-state index in [1.807, 2.05) is 7.05 Å². The third kappa shape index (κ3) is 7.54. The van der Waals surface area contributed by atoms with E-state index in [1.54, 1.807) is 37.9 Å². The second-order valence-corrected chi connectivity index (χ2v) is 13.1. The molecule has 2 saturated carbocycles. The lowest BCUT2D eigenvalue weighted by molar-refractivity contribution is -0.139. The zero-order valence-corrected chi connectivity index (χ0v) is 26.9. The van der Waals surface area contributed by atoms with Gasteiger partial charge in [-0.15, -0.1) is 0 Å². The number of halogens is 1. The summed E-state index contributed by atoms with van der Waals surface area (Å²) in [6, 6.07) is 4.57. The number of aryl methyl sites for hydroxylation is 1. The van der Waals surface area contributed by atoms with Gasteiger partial charge in [0.1, 0.15) is 23.6 Å². The van der Waals surface area contributed by atoms with E-state index in [-0.39, 0.29) is 35.9 Å². The second kappa shape index (κ2) is 13.7. The predicted molar refractivity (Wildman–Crippen MR) is 168 cm³/mol. The molecule has 4 amide bonds. The number of likely N-dealkylation sites (N-methyl/N-ethyl adjacent to an activating group) is 1. The molecule has 0 radical (unpaired) electrons. The summed E-state index contributed by atoms with van der Waals surface area (Å²) in [5, 5.41) is 12.6. The second-order valence-electron chi connectivity index (χ2n) is 13.1. The Morgan fingerprint density at radius 3 is 2.24 bits per heavy atom. The van der Waals surface area contributed by atoms with Gasteiger partial charge in [-0.25, -0.2) is 4.39 Å². The quantitative estimate of drug-likeness (QED) is 0.334. The zero-order valence-electron chi connectivity index (χ0n) is 26.9. The number of nitrogens with zero attached hydrogens (tertiary/aromatic N) is 4. The first-order chi connectivity index (χ1) is 21.5. The van der Waals surface area contributed by atoms with Crippen LogP contribution in [0.1, 0.15) is 74.8 Å². The van der Waals surface area contributed by atoms with E-state index >= 15 is 4.39 Å². The smallest absolute Gasteiger partial charge is 0.270 e. The molecular weight excluding hydrogens is 577 g/mol. The van der Waals surface area contributed by atoms with Crippen LogP contribution in [-0.4, -0.2) is 88.0 Å². The molecular formula is C33H46FN7O4. The molecule has 1 aromatic heterocycles. The monoisotopic (exact) mass is 623 g/mol. The summed E-state index contributed by atoms with van der Waals surface area (Å²) >= 11 is 0. The molecule has 1 aromatic carbocycles. The van der Waals surface area contributed by atoms with E-state index in [4.69, 9.17) is 0 Å². The Kier molecular flexibility index (Phi) is 9.91. The van der Waals surface area contributed by atoms with Crippen molar-refractivity contribution in [3.8, 4) is 0 Å². The molecule has 1 saturated heterocycles. The molecule has 1 aliphatic heterocycles. The summed E-state index contributed by atoms with van der Waals surface area (Å²) in [5.41, 5.74) is 0.861. The Hall–Kier alpha value is -3.80. The number of carbonyl (C=O) groups is 4. The first kappa shape index (κ1) is 32.6. The number of hydrogen-bond donors (Lipinski definition) is 3. The summed E-state index contributed by atoms with van der Waals surface area (Å²) in [7, 11) is 3.68. The lowest BCUT2D eigenvalue weighted by atomic mass is 9.88. The van der Waals surface area contributed by atoms with Gasteiger partial charge in [0.05, 0.1) is 5.69 Å². The van der Waals surface area contributed by atoms with E-state index in [0.29, 0.717) is 36.2 Å². The van der Waals surface area contributed by atoms with Crippen LogP contribution in [0.25, 0.3) is 0 Å². The van der Waals surface area contributed by atoms with Crippen molar-refractivity contribution in [3.63, 3.8) is 0 Å². The van der Waals surface area contributed by atoms with Crippen molar-refractivity contribution < 1.29 is 23.6 Å². The normalized spacial score (nSPS) is 20.8. The Morgan fingerprint density at radius 1 is 1.00 bits per heavy atom. The molecule has 2 heterocycles. The van der Waals surface area contributed by atoms with Gasteiger partial charge >= 0.3 is 0 Å². The van der Waals surface area contributed by atoms with Gasteiger partial charge in [0.25, 0.3) is 5.91 Å². The number of amides is 4. The van der Waals surface area contributed by atoms with Gasteiger partial charge in [-0.05, 0) is 81.2 Å².